The zero-order chi connectivity index (χ0) is 11.9. The first-order valence-electron chi connectivity index (χ1n) is 4.86. The van der Waals surface area contributed by atoms with E-state index in [0.717, 1.165) is 6.42 Å². The van der Waals surface area contributed by atoms with E-state index in [1.165, 1.54) is 11.6 Å². The molecular formula is C9H11ClN4O2. The van der Waals surface area contributed by atoms with Crippen LogP contribution in [-0.4, -0.2) is 21.9 Å². The van der Waals surface area contributed by atoms with E-state index in [-0.39, 0.29) is 5.02 Å². The highest BCUT2D eigenvalue weighted by atomic mass is 35.5. The van der Waals surface area contributed by atoms with Gasteiger partial charge in [-0.1, -0.05) is 11.6 Å². The fourth-order valence-electron chi connectivity index (χ4n) is 1.79. The number of rotatable bonds is 1. The normalized spacial score (nSPS) is 15.9. The summed E-state index contributed by atoms with van der Waals surface area (Å²) in [5, 5.41) is 7.67. The lowest BCUT2D eigenvalue weighted by Gasteiger charge is -2.21. The zero-order valence-electron chi connectivity index (χ0n) is 8.71. The summed E-state index contributed by atoms with van der Waals surface area (Å²) in [6.07, 6.45) is 1.47. The van der Waals surface area contributed by atoms with E-state index in [1.807, 2.05) is 0 Å². The van der Waals surface area contributed by atoms with Crippen LogP contribution in [0.25, 0.3) is 0 Å². The number of halogens is 1. The molecule has 0 atom stereocenters. The number of nitrogens with one attached hydrogen (secondary N) is 2. The highest BCUT2D eigenvalue weighted by molar-refractivity contribution is 6.33. The molecule has 0 spiro atoms. The minimum Gasteiger partial charge on any atom is -0.315 e. The van der Waals surface area contributed by atoms with E-state index in [4.69, 9.17) is 17.0 Å². The number of aromatic amines is 1. The van der Waals surface area contributed by atoms with Gasteiger partial charge in [0.25, 0.3) is 5.56 Å². The molecule has 0 saturated carbocycles. The number of nitrogens with zero attached hydrogens (tertiary/aromatic N) is 2. The van der Waals surface area contributed by atoms with Gasteiger partial charge in [-0.3, -0.25) is 19.8 Å². The summed E-state index contributed by atoms with van der Waals surface area (Å²) in [6, 6.07) is 0. The molecule has 86 valence electrons. The lowest BCUT2D eigenvalue weighted by atomic mass is 10.4. The Morgan fingerprint density at radius 2 is 2.12 bits per heavy atom. The monoisotopic (exact) mass is 242 g/mol. The molecule has 1 aliphatic heterocycles. The first-order chi connectivity index (χ1) is 7.52. The molecule has 1 aromatic rings. The van der Waals surface area contributed by atoms with Crippen LogP contribution in [0.5, 0.6) is 0 Å². The minimum atomic E-state index is -0.612. The van der Waals surface area contributed by atoms with E-state index in [9.17, 15) is 9.59 Å². The molecule has 2 heterocycles. The fourth-order valence-corrected chi connectivity index (χ4v) is 2.06. The van der Waals surface area contributed by atoms with Gasteiger partial charge < -0.3 is 4.90 Å². The van der Waals surface area contributed by atoms with E-state index in [2.05, 4.69) is 4.98 Å². The average molecular weight is 243 g/mol. The van der Waals surface area contributed by atoms with Gasteiger partial charge in [0.1, 0.15) is 16.7 Å². The molecule has 0 unspecified atom stereocenters. The lowest BCUT2D eigenvalue weighted by Crippen LogP contribution is -2.36. The molecule has 1 fully saturated rings. The summed E-state index contributed by atoms with van der Waals surface area (Å²) < 4.78 is 1.25. The van der Waals surface area contributed by atoms with Crippen molar-refractivity contribution in [2.24, 2.45) is 7.05 Å². The van der Waals surface area contributed by atoms with Crippen LogP contribution in [-0.2, 0) is 7.05 Å². The number of aromatic nitrogens is 2. The quantitative estimate of drug-likeness (QED) is 0.743. The van der Waals surface area contributed by atoms with Gasteiger partial charge in [-0.25, -0.2) is 4.79 Å². The zero-order valence-corrected chi connectivity index (χ0v) is 9.47. The van der Waals surface area contributed by atoms with E-state index < -0.39 is 11.2 Å². The van der Waals surface area contributed by atoms with Gasteiger partial charge in [-0.2, -0.15) is 0 Å². The van der Waals surface area contributed by atoms with Gasteiger partial charge in [-0.05, 0) is 6.42 Å². The third-order valence-corrected chi connectivity index (χ3v) is 2.96. The number of anilines is 1. The second-order valence-corrected chi connectivity index (χ2v) is 4.04. The summed E-state index contributed by atoms with van der Waals surface area (Å²) in [7, 11) is 1.52. The van der Waals surface area contributed by atoms with Crippen LogP contribution in [0, 0.1) is 5.41 Å². The van der Waals surface area contributed by atoms with Crippen molar-refractivity contribution in [1.29, 1.82) is 5.41 Å². The van der Waals surface area contributed by atoms with Crippen molar-refractivity contribution >= 4 is 23.3 Å². The van der Waals surface area contributed by atoms with Gasteiger partial charge in [-0.15, -0.1) is 0 Å². The summed E-state index contributed by atoms with van der Waals surface area (Å²) in [5.41, 5.74) is -1.14. The highest BCUT2D eigenvalue weighted by Crippen LogP contribution is 2.24. The third kappa shape index (κ3) is 1.55. The standard InChI is InChI=1S/C9H11ClN4O2/c1-13-8(14-4-2-3-5(14)11)6(10)7(15)12-9(13)16/h11H,2-4H2,1H3,(H,12,15,16). The Bertz CT molecular complexity index is 525. The summed E-state index contributed by atoms with van der Waals surface area (Å²) in [5.74, 6) is 0.681. The van der Waals surface area contributed by atoms with Crippen LogP contribution in [0.15, 0.2) is 9.59 Å². The molecule has 16 heavy (non-hydrogen) atoms. The van der Waals surface area contributed by atoms with Gasteiger partial charge in [0.15, 0.2) is 0 Å². The maximum absolute atomic E-state index is 11.4. The molecule has 1 aliphatic rings. The second kappa shape index (κ2) is 3.79. The lowest BCUT2D eigenvalue weighted by molar-refractivity contribution is 0.780. The first kappa shape index (κ1) is 10.9. The van der Waals surface area contributed by atoms with E-state index >= 15 is 0 Å². The topological polar surface area (TPSA) is 81.9 Å². The number of amidine groups is 1. The Balaban J connectivity index is 2.68. The summed E-state index contributed by atoms with van der Waals surface area (Å²) in [6.45, 7) is 0.606. The van der Waals surface area contributed by atoms with Crippen molar-refractivity contribution in [2.75, 3.05) is 11.4 Å². The second-order valence-electron chi connectivity index (χ2n) is 3.66. The Hall–Kier alpha value is -1.56. The van der Waals surface area contributed by atoms with Crippen molar-refractivity contribution in [3.8, 4) is 0 Å². The molecule has 0 aromatic carbocycles. The van der Waals surface area contributed by atoms with Crippen LogP contribution in [0.1, 0.15) is 12.8 Å². The molecule has 0 bridgehead atoms. The van der Waals surface area contributed by atoms with E-state index in [0.29, 0.717) is 24.6 Å². The van der Waals surface area contributed by atoms with Gasteiger partial charge in [0, 0.05) is 20.0 Å². The highest BCUT2D eigenvalue weighted by Gasteiger charge is 2.24. The molecule has 2 rings (SSSR count). The van der Waals surface area contributed by atoms with Crippen molar-refractivity contribution in [2.45, 2.75) is 12.8 Å². The summed E-state index contributed by atoms with van der Waals surface area (Å²) >= 11 is 5.87. The van der Waals surface area contributed by atoms with Crippen molar-refractivity contribution in [1.82, 2.24) is 9.55 Å². The van der Waals surface area contributed by atoms with Crippen LogP contribution in [0.3, 0.4) is 0 Å². The van der Waals surface area contributed by atoms with Gasteiger partial charge >= 0.3 is 5.69 Å². The molecule has 1 saturated heterocycles. The fraction of sp³-hybridized carbons (Fsp3) is 0.444. The molecule has 6 nitrogen and oxygen atoms in total. The predicted molar refractivity (Wildman–Crippen MR) is 61.6 cm³/mol. The van der Waals surface area contributed by atoms with Gasteiger partial charge in [0.05, 0.1) is 0 Å². The van der Waals surface area contributed by atoms with Crippen LogP contribution < -0.4 is 16.1 Å². The summed E-state index contributed by atoms with van der Waals surface area (Å²) in [4.78, 5) is 26.5. The number of hydrogen-bond donors (Lipinski definition) is 2. The molecule has 1 aromatic heterocycles. The van der Waals surface area contributed by atoms with Crippen LogP contribution >= 0.6 is 11.6 Å². The SMILES string of the molecule is Cn1c(N2CCCC2=N)c(Cl)c(=O)[nH]c1=O. The third-order valence-electron chi connectivity index (χ3n) is 2.62. The Kier molecular flexibility index (Phi) is 2.59. The Morgan fingerprint density at radius 3 is 2.69 bits per heavy atom. The van der Waals surface area contributed by atoms with Crippen molar-refractivity contribution in [3.05, 3.63) is 25.9 Å². The largest absolute Gasteiger partial charge is 0.329 e. The molecule has 0 amide bonds. The Morgan fingerprint density at radius 1 is 1.44 bits per heavy atom. The molecule has 0 radical (unpaired) electrons. The molecule has 0 aliphatic carbocycles. The van der Waals surface area contributed by atoms with Crippen LogP contribution in [0.2, 0.25) is 5.02 Å². The van der Waals surface area contributed by atoms with Crippen molar-refractivity contribution < 1.29 is 0 Å². The van der Waals surface area contributed by atoms with Crippen molar-refractivity contribution in [3.63, 3.8) is 0 Å². The maximum atomic E-state index is 11.4. The minimum absolute atomic E-state index is 0.0475. The maximum Gasteiger partial charge on any atom is 0.329 e. The average Bonchev–Trinajstić information content (AvgIpc) is 2.63. The first-order valence-corrected chi connectivity index (χ1v) is 5.24. The predicted octanol–water partition coefficient (Wildman–Crippen LogP) is 0.304. The molecular weight excluding hydrogens is 232 g/mol. The number of hydrogen-bond acceptors (Lipinski definition) is 3. The molecule has 2 N–H and O–H groups in total. The molecule has 7 heteroatoms. The smallest absolute Gasteiger partial charge is 0.315 e. The van der Waals surface area contributed by atoms with E-state index in [1.54, 1.807) is 4.90 Å². The Labute approximate surface area is 96.0 Å². The van der Waals surface area contributed by atoms with Gasteiger partial charge in [0.2, 0.25) is 0 Å². The van der Waals surface area contributed by atoms with Crippen LogP contribution in [0.4, 0.5) is 5.82 Å². The number of H-pyrrole nitrogens is 1.